The van der Waals surface area contributed by atoms with Crippen molar-refractivity contribution < 1.29 is 14.6 Å². The van der Waals surface area contributed by atoms with Gasteiger partial charge in [0.15, 0.2) is 0 Å². The smallest absolute Gasteiger partial charge is 0.414 e. The third kappa shape index (κ3) is 2.96. The van der Waals surface area contributed by atoms with Gasteiger partial charge in [-0.15, -0.1) is 0 Å². The van der Waals surface area contributed by atoms with Gasteiger partial charge in [0.1, 0.15) is 0 Å². The number of carbonyl (C=O) groups is 1. The molecule has 102 valence electrons. The average Bonchev–Trinajstić information content (AvgIpc) is 2.44. The Morgan fingerprint density at radius 1 is 1.42 bits per heavy atom. The Hall–Kier alpha value is -1.81. The summed E-state index contributed by atoms with van der Waals surface area (Å²) in [6.45, 7) is 2.28. The molecule has 1 aromatic carbocycles. The highest BCUT2D eigenvalue weighted by atomic mass is 16.6. The molecule has 0 saturated carbocycles. The molecule has 19 heavy (non-hydrogen) atoms. The Balaban J connectivity index is 2.29. The third-order valence-electron chi connectivity index (χ3n) is 3.15. The lowest BCUT2D eigenvalue weighted by molar-refractivity contribution is 0.157. The molecule has 1 atom stereocenters. The largest absolute Gasteiger partial charge is 0.449 e. The number of benzene rings is 1. The minimum absolute atomic E-state index is 0.0545. The first kappa shape index (κ1) is 13.6. The number of hydrogen-bond donors (Lipinski definition) is 1. The molecular formula is C15H19NO3. The predicted octanol–water partition coefficient (Wildman–Crippen LogP) is 2.82. The second-order valence-corrected chi connectivity index (χ2v) is 4.42. The zero-order valence-corrected chi connectivity index (χ0v) is 11.1. The van der Waals surface area contributed by atoms with Crippen LogP contribution >= 0.6 is 0 Å². The molecule has 4 heteroatoms. The fourth-order valence-electron chi connectivity index (χ4n) is 2.28. The second kappa shape index (κ2) is 6.38. The molecule has 4 nitrogen and oxygen atoms in total. The maximum Gasteiger partial charge on any atom is 0.414 e. The molecular weight excluding hydrogens is 242 g/mol. The van der Waals surface area contributed by atoms with Crippen LogP contribution in [0.4, 0.5) is 10.5 Å². The van der Waals surface area contributed by atoms with Crippen LogP contribution in [0.5, 0.6) is 0 Å². The molecule has 0 aliphatic carbocycles. The summed E-state index contributed by atoms with van der Waals surface area (Å²) in [6, 6.07) is 7.69. The van der Waals surface area contributed by atoms with Gasteiger partial charge < -0.3 is 9.84 Å². The van der Waals surface area contributed by atoms with Gasteiger partial charge in [0.25, 0.3) is 0 Å². The molecule has 1 amide bonds. The summed E-state index contributed by atoms with van der Waals surface area (Å²) in [4.78, 5) is 13.8. The Labute approximate surface area is 113 Å². The van der Waals surface area contributed by atoms with E-state index in [1.165, 1.54) is 0 Å². The SMILES string of the molecule is CCOC(=O)N1c2ccccc2C=CC1CCCO. The van der Waals surface area contributed by atoms with Gasteiger partial charge in [-0.2, -0.15) is 0 Å². The standard InChI is InChI=1S/C15H19NO3/c1-2-19-15(18)16-13(7-5-11-17)10-9-12-6-3-4-8-14(12)16/h3-4,6,8-10,13,17H,2,5,7,11H2,1H3. The maximum atomic E-state index is 12.1. The van der Waals surface area contributed by atoms with E-state index in [0.717, 1.165) is 17.7 Å². The summed E-state index contributed by atoms with van der Waals surface area (Å²) >= 11 is 0. The fourth-order valence-corrected chi connectivity index (χ4v) is 2.28. The van der Waals surface area contributed by atoms with Crippen LogP contribution in [0, 0.1) is 0 Å². The van der Waals surface area contributed by atoms with Crippen molar-refractivity contribution in [1.29, 1.82) is 0 Å². The first-order valence-corrected chi connectivity index (χ1v) is 6.62. The number of aliphatic hydroxyl groups excluding tert-OH is 1. The topological polar surface area (TPSA) is 49.8 Å². The van der Waals surface area contributed by atoms with E-state index in [1.807, 2.05) is 36.4 Å². The summed E-state index contributed by atoms with van der Waals surface area (Å²) in [5.41, 5.74) is 1.88. The lowest BCUT2D eigenvalue weighted by Gasteiger charge is -2.33. The predicted molar refractivity (Wildman–Crippen MR) is 75.1 cm³/mol. The van der Waals surface area contributed by atoms with E-state index >= 15 is 0 Å². The van der Waals surface area contributed by atoms with Crippen molar-refractivity contribution >= 4 is 17.9 Å². The molecule has 1 aliphatic rings. The molecule has 0 bridgehead atoms. The van der Waals surface area contributed by atoms with Gasteiger partial charge in [0.2, 0.25) is 0 Å². The average molecular weight is 261 g/mol. The van der Waals surface area contributed by atoms with Gasteiger partial charge in [-0.25, -0.2) is 4.79 Å². The van der Waals surface area contributed by atoms with E-state index in [0.29, 0.717) is 13.0 Å². The van der Waals surface area contributed by atoms with Gasteiger partial charge >= 0.3 is 6.09 Å². The summed E-state index contributed by atoms with van der Waals surface area (Å²) < 4.78 is 5.14. The molecule has 1 N–H and O–H groups in total. The van der Waals surface area contributed by atoms with Crippen LogP contribution in [0.3, 0.4) is 0 Å². The van der Waals surface area contributed by atoms with Crippen LogP contribution in [0.15, 0.2) is 30.3 Å². The zero-order chi connectivity index (χ0) is 13.7. The van der Waals surface area contributed by atoms with Crippen molar-refractivity contribution in [2.75, 3.05) is 18.1 Å². The first-order chi connectivity index (χ1) is 9.27. The number of amides is 1. The highest BCUT2D eigenvalue weighted by Gasteiger charge is 2.28. The fraction of sp³-hybridized carbons (Fsp3) is 0.400. The van der Waals surface area contributed by atoms with Gasteiger partial charge in [-0.05, 0) is 31.4 Å². The van der Waals surface area contributed by atoms with Crippen LogP contribution in [0.2, 0.25) is 0 Å². The van der Waals surface area contributed by atoms with E-state index in [-0.39, 0.29) is 18.7 Å². The van der Waals surface area contributed by atoms with Gasteiger partial charge in [-0.3, -0.25) is 4.90 Å². The van der Waals surface area contributed by atoms with E-state index < -0.39 is 0 Å². The van der Waals surface area contributed by atoms with Crippen molar-refractivity contribution in [2.45, 2.75) is 25.8 Å². The van der Waals surface area contributed by atoms with Crippen molar-refractivity contribution in [2.24, 2.45) is 0 Å². The molecule has 0 spiro atoms. The minimum atomic E-state index is -0.331. The number of ether oxygens (including phenoxy) is 1. The number of aliphatic hydroxyl groups is 1. The first-order valence-electron chi connectivity index (χ1n) is 6.62. The number of hydrogen-bond acceptors (Lipinski definition) is 3. The summed E-state index contributed by atoms with van der Waals surface area (Å²) in [7, 11) is 0. The number of fused-ring (bicyclic) bond motifs is 1. The molecule has 1 unspecified atom stereocenters. The highest BCUT2D eigenvalue weighted by Crippen LogP contribution is 2.31. The van der Waals surface area contributed by atoms with E-state index in [9.17, 15) is 4.79 Å². The maximum absolute atomic E-state index is 12.1. The molecule has 1 aromatic rings. The molecule has 2 rings (SSSR count). The van der Waals surface area contributed by atoms with Crippen molar-refractivity contribution in [1.82, 2.24) is 0 Å². The van der Waals surface area contributed by atoms with Gasteiger partial charge in [0, 0.05) is 6.61 Å². The molecule has 0 aromatic heterocycles. The van der Waals surface area contributed by atoms with Crippen molar-refractivity contribution in [3.8, 4) is 0 Å². The minimum Gasteiger partial charge on any atom is -0.449 e. The second-order valence-electron chi connectivity index (χ2n) is 4.42. The quantitative estimate of drug-likeness (QED) is 0.906. The Bertz CT molecular complexity index is 470. The summed E-state index contributed by atoms with van der Waals surface area (Å²) in [6.07, 6.45) is 5.07. The van der Waals surface area contributed by atoms with Crippen molar-refractivity contribution in [3.63, 3.8) is 0 Å². The van der Waals surface area contributed by atoms with Crippen LogP contribution < -0.4 is 4.90 Å². The third-order valence-corrected chi connectivity index (χ3v) is 3.15. The normalized spacial score (nSPS) is 17.2. The van der Waals surface area contributed by atoms with Crippen LogP contribution in [0.1, 0.15) is 25.3 Å². The number of anilines is 1. The van der Waals surface area contributed by atoms with E-state index in [2.05, 4.69) is 0 Å². The molecule has 1 heterocycles. The van der Waals surface area contributed by atoms with Gasteiger partial charge in [0.05, 0.1) is 18.3 Å². The Kier molecular flexibility index (Phi) is 4.58. The summed E-state index contributed by atoms with van der Waals surface area (Å²) in [5.74, 6) is 0. The number of rotatable bonds is 4. The van der Waals surface area contributed by atoms with Gasteiger partial charge in [-0.1, -0.05) is 30.4 Å². The van der Waals surface area contributed by atoms with Crippen LogP contribution in [0.25, 0.3) is 6.08 Å². The van der Waals surface area contributed by atoms with Crippen LogP contribution in [-0.4, -0.2) is 30.5 Å². The Morgan fingerprint density at radius 3 is 2.95 bits per heavy atom. The number of nitrogens with zero attached hydrogens (tertiary/aromatic N) is 1. The lowest BCUT2D eigenvalue weighted by Crippen LogP contribution is -2.41. The molecule has 0 fully saturated rings. The van der Waals surface area contributed by atoms with Crippen molar-refractivity contribution in [3.05, 3.63) is 35.9 Å². The zero-order valence-electron chi connectivity index (χ0n) is 11.1. The van der Waals surface area contributed by atoms with E-state index in [4.69, 9.17) is 9.84 Å². The summed E-state index contributed by atoms with van der Waals surface area (Å²) in [5, 5.41) is 8.96. The number of carbonyl (C=O) groups excluding carboxylic acids is 1. The monoisotopic (exact) mass is 261 g/mol. The molecule has 0 saturated heterocycles. The Morgan fingerprint density at radius 2 is 2.21 bits per heavy atom. The van der Waals surface area contributed by atoms with Crippen LogP contribution in [-0.2, 0) is 4.74 Å². The molecule has 0 radical (unpaired) electrons. The molecule has 1 aliphatic heterocycles. The highest BCUT2D eigenvalue weighted by molar-refractivity contribution is 5.93. The van der Waals surface area contributed by atoms with E-state index in [1.54, 1.807) is 11.8 Å². The lowest BCUT2D eigenvalue weighted by atomic mass is 10.0. The number of para-hydroxylation sites is 1.